The maximum absolute atomic E-state index is 12.4. The Labute approximate surface area is 123 Å². The second kappa shape index (κ2) is 4.93. The fourth-order valence-corrected chi connectivity index (χ4v) is 3.82. The number of benzene rings is 1. The molecule has 2 fully saturated rings. The van der Waals surface area contributed by atoms with Crippen LogP contribution in [0.3, 0.4) is 0 Å². The molecule has 3 aliphatic rings. The molecule has 2 amide bonds. The SMILES string of the molecule is O=C1c2ccccc2C(=O)N1CN1CC2CCCNC2C1. The molecule has 2 saturated heterocycles. The quantitative estimate of drug-likeness (QED) is 0.821. The van der Waals surface area contributed by atoms with Crippen LogP contribution in [0.4, 0.5) is 0 Å². The number of fused-ring (bicyclic) bond motifs is 2. The largest absolute Gasteiger partial charge is 0.312 e. The molecule has 0 saturated carbocycles. The predicted molar refractivity (Wildman–Crippen MR) is 77.9 cm³/mol. The molecule has 0 aliphatic carbocycles. The maximum Gasteiger partial charge on any atom is 0.262 e. The standard InChI is InChI=1S/C16H19N3O2/c20-15-12-5-1-2-6-13(12)16(21)19(15)10-18-8-11-4-3-7-17-14(11)9-18/h1-2,5-6,11,14,17H,3-4,7-10H2. The minimum atomic E-state index is -0.154. The number of nitrogens with zero attached hydrogens (tertiary/aromatic N) is 2. The summed E-state index contributed by atoms with van der Waals surface area (Å²) < 4.78 is 0. The fourth-order valence-electron chi connectivity index (χ4n) is 3.82. The summed E-state index contributed by atoms with van der Waals surface area (Å²) in [7, 11) is 0. The lowest BCUT2D eigenvalue weighted by atomic mass is 9.94. The molecular weight excluding hydrogens is 266 g/mol. The molecule has 2 atom stereocenters. The lowest BCUT2D eigenvalue weighted by Crippen LogP contribution is -2.42. The summed E-state index contributed by atoms with van der Waals surface area (Å²) in [6.45, 7) is 3.41. The second-order valence-electron chi connectivity index (χ2n) is 6.22. The third kappa shape index (κ3) is 2.08. The van der Waals surface area contributed by atoms with E-state index in [0.717, 1.165) is 19.6 Å². The van der Waals surface area contributed by atoms with E-state index in [2.05, 4.69) is 10.2 Å². The van der Waals surface area contributed by atoms with Crippen LogP contribution < -0.4 is 5.32 Å². The number of carbonyl (C=O) groups is 2. The van der Waals surface area contributed by atoms with Crippen LogP contribution in [0.25, 0.3) is 0 Å². The zero-order chi connectivity index (χ0) is 14.4. The Hall–Kier alpha value is -1.72. The molecular formula is C16H19N3O2. The highest BCUT2D eigenvalue weighted by molar-refractivity contribution is 6.21. The normalized spacial score (nSPS) is 28.9. The van der Waals surface area contributed by atoms with Crippen LogP contribution in [-0.2, 0) is 0 Å². The van der Waals surface area contributed by atoms with Crippen molar-refractivity contribution >= 4 is 11.8 Å². The molecule has 0 radical (unpaired) electrons. The number of piperidine rings is 1. The van der Waals surface area contributed by atoms with Crippen molar-refractivity contribution in [3.05, 3.63) is 35.4 Å². The Kier molecular flexibility index (Phi) is 3.05. The topological polar surface area (TPSA) is 52.7 Å². The van der Waals surface area contributed by atoms with Gasteiger partial charge in [0.25, 0.3) is 11.8 Å². The first-order chi connectivity index (χ1) is 10.2. The first-order valence-corrected chi connectivity index (χ1v) is 7.65. The molecule has 1 aromatic carbocycles. The zero-order valence-electron chi connectivity index (χ0n) is 11.9. The highest BCUT2D eigenvalue weighted by atomic mass is 16.2. The van der Waals surface area contributed by atoms with Crippen molar-refractivity contribution in [1.82, 2.24) is 15.1 Å². The fraction of sp³-hybridized carbons (Fsp3) is 0.500. The van der Waals surface area contributed by atoms with Crippen LogP contribution in [0.2, 0.25) is 0 Å². The van der Waals surface area contributed by atoms with Gasteiger partial charge < -0.3 is 5.32 Å². The molecule has 0 bridgehead atoms. The van der Waals surface area contributed by atoms with E-state index in [4.69, 9.17) is 0 Å². The van der Waals surface area contributed by atoms with Gasteiger partial charge >= 0.3 is 0 Å². The highest BCUT2D eigenvalue weighted by Gasteiger charge is 2.40. The van der Waals surface area contributed by atoms with E-state index < -0.39 is 0 Å². The molecule has 2 unspecified atom stereocenters. The molecule has 110 valence electrons. The number of nitrogens with one attached hydrogen (secondary N) is 1. The van der Waals surface area contributed by atoms with Gasteiger partial charge in [0.2, 0.25) is 0 Å². The minimum Gasteiger partial charge on any atom is -0.312 e. The van der Waals surface area contributed by atoms with Gasteiger partial charge in [-0.1, -0.05) is 12.1 Å². The third-order valence-electron chi connectivity index (χ3n) is 4.89. The van der Waals surface area contributed by atoms with Gasteiger partial charge in [0, 0.05) is 19.1 Å². The number of amides is 2. The lowest BCUT2D eigenvalue weighted by Gasteiger charge is -2.24. The third-order valence-corrected chi connectivity index (χ3v) is 4.89. The summed E-state index contributed by atoms with van der Waals surface area (Å²) in [6.07, 6.45) is 2.47. The van der Waals surface area contributed by atoms with Crippen molar-refractivity contribution in [3.8, 4) is 0 Å². The molecule has 3 aliphatic heterocycles. The van der Waals surface area contributed by atoms with Gasteiger partial charge in [-0.2, -0.15) is 0 Å². The summed E-state index contributed by atoms with van der Waals surface area (Å²) in [6, 6.07) is 7.61. The van der Waals surface area contributed by atoms with E-state index in [0.29, 0.717) is 29.8 Å². The Bertz CT molecular complexity index is 552. The second-order valence-corrected chi connectivity index (χ2v) is 6.22. The molecule has 1 aromatic rings. The molecule has 1 N–H and O–H groups in total. The summed E-state index contributed by atoms with van der Waals surface area (Å²) in [4.78, 5) is 28.4. The monoisotopic (exact) mass is 285 g/mol. The van der Waals surface area contributed by atoms with Crippen LogP contribution >= 0.6 is 0 Å². The predicted octanol–water partition coefficient (Wildman–Crippen LogP) is 0.924. The van der Waals surface area contributed by atoms with Crippen LogP contribution in [-0.4, -0.2) is 54.0 Å². The van der Waals surface area contributed by atoms with Crippen molar-refractivity contribution in [2.45, 2.75) is 18.9 Å². The number of likely N-dealkylation sites (tertiary alicyclic amines) is 1. The number of carbonyl (C=O) groups excluding carboxylic acids is 2. The van der Waals surface area contributed by atoms with Gasteiger partial charge in [-0.05, 0) is 37.4 Å². The summed E-state index contributed by atoms with van der Waals surface area (Å²) >= 11 is 0. The molecule has 0 spiro atoms. The summed E-state index contributed by atoms with van der Waals surface area (Å²) in [5.41, 5.74) is 1.08. The molecule has 0 aromatic heterocycles. The maximum atomic E-state index is 12.4. The Morgan fingerprint density at radius 2 is 1.81 bits per heavy atom. The van der Waals surface area contributed by atoms with Crippen LogP contribution in [0.5, 0.6) is 0 Å². The smallest absolute Gasteiger partial charge is 0.262 e. The van der Waals surface area contributed by atoms with Crippen molar-refractivity contribution in [1.29, 1.82) is 0 Å². The van der Waals surface area contributed by atoms with Crippen molar-refractivity contribution < 1.29 is 9.59 Å². The first-order valence-electron chi connectivity index (χ1n) is 7.65. The molecule has 5 heteroatoms. The van der Waals surface area contributed by atoms with E-state index in [-0.39, 0.29) is 11.8 Å². The number of imide groups is 1. The average molecular weight is 285 g/mol. The van der Waals surface area contributed by atoms with E-state index in [1.165, 1.54) is 17.7 Å². The average Bonchev–Trinajstić information content (AvgIpc) is 3.02. The molecule has 5 nitrogen and oxygen atoms in total. The van der Waals surface area contributed by atoms with E-state index in [9.17, 15) is 9.59 Å². The lowest BCUT2D eigenvalue weighted by molar-refractivity contribution is 0.0560. The van der Waals surface area contributed by atoms with Crippen molar-refractivity contribution in [3.63, 3.8) is 0 Å². The van der Waals surface area contributed by atoms with Gasteiger partial charge in [-0.25, -0.2) is 0 Å². The molecule has 4 rings (SSSR count). The Morgan fingerprint density at radius 3 is 2.48 bits per heavy atom. The van der Waals surface area contributed by atoms with E-state index in [1.807, 2.05) is 12.1 Å². The molecule has 21 heavy (non-hydrogen) atoms. The Balaban J connectivity index is 1.49. The molecule has 3 heterocycles. The van der Waals surface area contributed by atoms with Crippen LogP contribution in [0, 0.1) is 5.92 Å². The summed E-state index contributed by atoms with van der Waals surface area (Å²) in [5.74, 6) is 0.353. The minimum absolute atomic E-state index is 0.154. The van der Waals surface area contributed by atoms with Crippen LogP contribution in [0.1, 0.15) is 33.6 Å². The van der Waals surface area contributed by atoms with Gasteiger partial charge in [0.15, 0.2) is 0 Å². The number of hydrogen-bond acceptors (Lipinski definition) is 4. The Morgan fingerprint density at radius 1 is 1.10 bits per heavy atom. The van der Waals surface area contributed by atoms with Crippen LogP contribution in [0.15, 0.2) is 24.3 Å². The van der Waals surface area contributed by atoms with Crippen molar-refractivity contribution in [2.75, 3.05) is 26.3 Å². The van der Waals surface area contributed by atoms with Crippen molar-refractivity contribution in [2.24, 2.45) is 5.92 Å². The number of rotatable bonds is 2. The number of hydrogen-bond donors (Lipinski definition) is 1. The highest BCUT2D eigenvalue weighted by Crippen LogP contribution is 2.27. The van der Waals surface area contributed by atoms with Gasteiger partial charge in [0.05, 0.1) is 17.8 Å². The zero-order valence-corrected chi connectivity index (χ0v) is 11.9. The first kappa shape index (κ1) is 13.0. The summed E-state index contributed by atoms with van der Waals surface area (Å²) in [5, 5.41) is 3.55. The van der Waals surface area contributed by atoms with Gasteiger partial charge in [-0.3, -0.25) is 19.4 Å². The van der Waals surface area contributed by atoms with E-state index >= 15 is 0 Å². The van der Waals surface area contributed by atoms with Gasteiger partial charge in [-0.15, -0.1) is 0 Å². The van der Waals surface area contributed by atoms with E-state index in [1.54, 1.807) is 12.1 Å². The van der Waals surface area contributed by atoms with Gasteiger partial charge in [0.1, 0.15) is 0 Å².